The summed E-state index contributed by atoms with van der Waals surface area (Å²) in [6.45, 7) is 2.94. The number of rotatable bonds is 5. The van der Waals surface area contributed by atoms with Gasteiger partial charge in [0.1, 0.15) is 6.10 Å². The maximum atomic E-state index is 11.0. The fourth-order valence-electron chi connectivity index (χ4n) is 4.86. The Hall–Kier alpha value is -2.02. The molecule has 2 aromatic carbocycles. The summed E-state index contributed by atoms with van der Waals surface area (Å²) in [5.74, 6) is 0. The second kappa shape index (κ2) is 8.85. The van der Waals surface area contributed by atoms with Gasteiger partial charge in [0.15, 0.2) is 6.29 Å². The zero-order valence-corrected chi connectivity index (χ0v) is 18.7. The van der Waals surface area contributed by atoms with E-state index in [1.54, 1.807) is 18.4 Å². The maximum absolute atomic E-state index is 11.0. The molecule has 0 bridgehead atoms. The van der Waals surface area contributed by atoms with E-state index >= 15 is 0 Å². The van der Waals surface area contributed by atoms with E-state index in [2.05, 4.69) is 41.3 Å². The quantitative estimate of drug-likeness (QED) is 0.621. The van der Waals surface area contributed by atoms with Crippen LogP contribution in [0.1, 0.15) is 45.4 Å². The number of thiophene rings is 1. The van der Waals surface area contributed by atoms with Crippen LogP contribution in [0.4, 0.5) is 0 Å². The molecule has 1 N–H and O–H groups in total. The van der Waals surface area contributed by atoms with E-state index in [0.717, 1.165) is 49.3 Å². The van der Waals surface area contributed by atoms with E-state index in [1.165, 1.54) is 16.0 Å². The predicted octanol–water partition coefficient (Wildman–Crippen LogP) is 4.87. The van der Waals surface area contributed by atoms with Gasteiger partial charge in [-0.05, 0) is 35.6 Å². The summed E-state index contributed by atoms with van der Waals surface area (Å²) in [7, 11) is 1.72. The molecule has 2 aliphatic heterocycles. The smallest absolute Gasteiger partial charge is 0.163 e. The Balaban J connectivity index is 1.38. The highest BCUT2D eigenvalue weighted by atomic mass is 32.1. The van der Waals surface area contributed by atoms with E-state index in [0.29, 0.717) is 0 Å². The normalized spacial score (nSPS) is 21.7. The molecule has 0 saturated carbocycles. The van der Waals surface area contributed by atoms with Gasteiger partial charge in [0, 0.05) is 42.9 Å². The van der Waals surface area contributed by atoms with Crippen molar-refractivity contribution in [3.05, 3.63) is 93.2 Å². The second-order valence-electron chi connectivity index (χ2n) is 8.54. The van der Waals surface area contributed by atoms with Crippen molar-refractivity contribution in [1.82, 2.24) is 4.90 Å². The van der Waals surface area contributed by atoms with Gasteiger partial charge < -0.3 is 14.6 Å². The molecule has 1 fully saturated rings. The van der Waals surface area contributed by atoms with Crippen molar-refractivity contribution in [2.75, 3.05) is 20.2 Å². The van der Waals surface area contributed by atoms with E-state index in [4.69, 9.17) is 9.47 Å². The van der Waals surface area contributed by atoms with E-state index in [1.807, 2.05) is 30.3 Å². The van der Waals surface area contributed by atoms with Gasteiger partial charge in [-0.3, -0.25) is 4.90 Å². The van der Waals surface area contributed by atoms with Crippen LogP contribution in [0.15, 0.2) is 66.7 Å². The van der Waals surface area contributed by atoms with Crippen molar-refractivity contribution in [1.29, 1.82) is 0 Å². The highest BCUT2D eigenvalue weighted by Crippen LogP contribution is 2.48. The first-order valence-corrected chi connectivity index (χ1v) is 11.8. The van der Waals surface area contributed by atoms with E-state index in [9.17, 15) is 5.11 Å². The van der Waals surface area contributed by atoms with Gasteiger partial charge in [0.05, 0.1) is 5.60 Å². The van der Waals surface area contributed by atoms with Crippen molar-refractivity contribution < 1.29 is 14.6 Å². The highest BCUT2D eigenvalue weighted by Gasteiger charge is 2.45. The van der Waals surface area contributed by atoms with Gasteiger partial charge in [-0.1, -0.05) is 60.7 Å². The van der Waals surface area contributed by atoms with Crippen molar-refractivity contribution in [3.63, 3.8) is 0 Å². The van der Waals surface area contributed by atoms with Crippen LogP contribution < -0.4 is 0 Å². The van der Waals surface area contributed by atoms with Gasteiger partial charge in [0.2, 0.25) is 0 Å². The molecule has 1 spiro atoms. The van der Waals surface area contributed by atoms with Crippen LogP contribution in [0, 0.1) is 0 Å². The van der Waals surface area contributed by atoms with Gasteiger partial charge >= 0.3 is 0 Å². The number of hydrogen-bond donors (Lipinski definition) is 1. The van der Waals surface area contributed by atoms with E-state index < -0.39 is 6.10 Å². The summed E-state index contributed by atoms with van der Waals surface area (Å²) in [5, 5.41) is 11.0. The van der Waals surface area contributed by atoms with Crippen molar-refractivity contribution in [2.45, 2.75) is 43.8 Å². The molecule has 0 radical (unpaired) electrons. The fraction of sp³-hybridized carbons (Fsp3) is 0.385. The van der Waals surface area contributed by atoms with Crippen LogP contribution in [0.25, 0.3) is 0 Å². The zero-order chi connectivity index (χ0) is 21.3. The van der Waals surface area contributed by atoms with Crippen LogP contribution in [-0.4, -0.2) is 36.5 Å². The van der Waals surface area contributed by atoms with Gasteiger partial charge in [0.25, 0.3) is 0 Å². The topological polar surface area (TPSA) is 41.9 Å². The first kappa shape index (κ1) is 20.9. The number of aliphatic hydroxyl groups is 1. The molecule has 162 valence electrons. The minimum absolute atomic E-state index is 0.228. The van der Waals surface area contributed by atoms with Crippen molar-refractivity contribution in [3.8, 4) is 0 Å². The first-order valence-electron chi connectivity index (χ1n) is 11.0. The molecule has 3 heterocycles. The minimum atomic E-state index is -0.604. The zero-order valence-electron chi connectivity index (χ0n) is 17.9. The Morgan fingerprint density at radius 1 is 1.10 bits per heavy atom. The average Bonchev–Trinajstić information content (AvgIpc) is 3.26. The average molecular weight is 436 g/mol. The Morgan fingerprint density at radius 3 is 2.45 bits per heavy atom. The predicted molar refractivity (Wildman–Crippen MR) is 123 cm³/mol. The van der Waals surface area contributed by atoms with Gasteiger partial charge in [-0.2, -0.15) is 0 Å². The SMILES string of the molecule is CO[C@H]1Cc2sc([C@H](O)c3ccccc3)cc2C2(CCN(Cc3ccccc3)CC2)O1. The molecule has 1 saturated heterocycles. The van der Waals surface area contributed by atoms with Crippen molar-refractivity contribution in [2.24, 2.45) is 0 Å². The molecule has 5 rings (SSSR count). The number of likely N-dealkylation sites (tertiary alicyclic amines) is 1. The maximum Gasteiger partial charge on any atom is 0.163 e. The summed E-state index contributed by atoms with van der Waals surface area (Å²) in [6, 6.07) is 22.7. The molecule has 2 aliphatic rings. The fourth-order valence-corrected chi connectivity index (χ4v) is 6.15. The molecule has 5 heteroatoms. The Labute approximate surface area is 188 Å². The number of methoxy groups -OCH3 is 1. The van der Waals surface area contributed by atoms with Crippen LogP contribution in [0.2, 0.25) is 0 Å². The number of hydrogen-bond acceptors (Lipinski definition) is 5. The molecule has 31 heavy (non-hydrogen) atoms. The summed E-state index contributed by atoms with van der Waals surface area (Å²) >= 11 is 1.70. The van der Waals surface area contributed by atoms with Crippen molar-refractivity contribution >= 4 is 11.3 Å². The molecule has 1 aromatic heterocycles. The summed E-state index contributed by atoms with van der Waals surface area (Å²) in [6.07, 6.45) is 1.78. The highest BCUT2D eigenvalue weighted by molar-refractivity contribution is 7.12. The molecule has 4 nitrogen and oxygen atoms in total. The van der Waals surface area contributed by atoms with Crippen LogP contribution in [0.5, 0.6) is 0 Å². The van der Waals surface area contributed by atoms with Crippen LogP contribution >= 0.6 is 11.3 Å². The van der Waals surface area contributed by atoms with Crippen LogP contribution in [-0.2, 0) is 28.0 Å². The molecular weight excluding hydrogens is 406 g/mol. The van der Waals surface area contributed by atoms with Gasteiger partial charge in [-0.15, -0.1) is 11.3 Å². The Bertz CT molecular complexity index is 996. The Kier molecular flexibility index (Phi) is 5.95. The summed E-state index contributed by atoms with van der Waals surface area (Å²) < 4.78 is 12.2. The third-order valence-electron chi connectivity index (χ3n) is 6.59. The number of nitrogens with zero attached hydrogens (tertiary/aromatic N) is 1. The third-order valence-corrected chi connectivity index (χ3v) is 7.80. The molecule has 0 amide bonds. The molecule has 0 unspecified atom stereocenters. The number of aliphatic hydroxyl groups excluding tert-OH is 1. The largest absolute Gasteiger partial charge is 0.383 e. The molecule has 3 aromatic rings. The Morgan fingerprint density at radius 2 is 1.77 bits per heavy atom. The standard InChI is InChI=1S/C26H29NO3S/c1-29-24-17-22-21(16-23(31-22)25(28)20-10-6-3-7-11-20)26(30-24)12-14-27(15-13-26)18-19-8-4-2-5-9-19/h2-11,16,24-25,28H,12-15,17-18H2,1H3/t24-,25-/m1/s1. The van der Waals surface area contributed by atoms with Gasteiger partial charge in [-0.25, -0.2) is 0 Å². The molecule has 2 atom stereocenters. The lowest BCUT2D eigenvalue weighted by atomic mass is 9.81. The molecular formula is C26H29NO3S. The monoisotopic (exact) mass is 435 g/mol. The second-order valence-corrected chi connectivity index (χ2v) is 9.71. The number of ether oxygens (including phenoxy) is 2. The van der Waals surface area contributed by atoms with Crippen LogP contribution in [0.3, 0.4) is 0 Å². The van der Waals surface area contributed by atoms with E-state index in [-0.39, 0.29) is 11.9 Å². The number of benzene rings is 2. The lowest BCUT2D eigenvalue weighted by molar-refractivity contribution is -0.226. The third kappa shape index (κ3) is 4.21. The lowest BCUT2D eigenvalue weighted by Crippen LogP contribution is -2.48. The molecule has 0 aliphatic carbocycles. The number of piperidine rings is 1. The first-order chi connectivity index (χ1) is 15.2. The summed E-state index contributed by atoms with van der Waals surface area (Å²) in [5.41, 5.74) is 3.21. The lowest BCUT2D eigenvalue weighted by Gasteiger charge is -2.46. The summed E-state index contributed by atoms with van der Waals surface area (Å²) in [4.78, 5) is 4.79. The number of fused-ring (bicyclic) bond motifs is 2. The minimum Gasteiger partial charge on any atom is -0.383 e.